The highest BCUT2D eigenvalue weighted by Crippen LogP contribution is 2.32. The monoisotopic (exact) mass is 369 g/mol. The van der Waals surface area contributed by atoms with Gasteiger partial charge in [-0.2, -0.15) is 10.4 Å². The summed E-state index contributed by atoms with van der Waals surface area (Å²) in [5.74, 6) is -1.07. The highest BCUT2D eigenvalue weighted by atomic mass is 79.9. The van der Waals surface area contributed by atoms with Crippen LogP contribution in [-0.4, -0.2) is 36.9 Å². The number of carbonyl (C=O) groups is 2. The number of aliphatic carboxylic acids is 1. The molecule has 1 aromatic rings. The zero-order valence-corrected chi connectivity index (χ0v) is 13.1. The maximum absolute atomic E-state index is 11.1. The quantitative estimate of drug-likeness (QED) is 0.551. The lowest BCUT2D eigenvalue weighted by Crippen LogP contribution is -2.16. The van der Waals surface area contributed by atoms with Crippen molar-refractivity contribution in [2.24, 2.45) is 5.10 Å². The number of hydrogen-bond acceptors (Lipinski definition) is 6. The van der Waals surface area contributed by atoms with E-state index >= 15 is 0 Å². The minimum atomic E-state index is -1.11. The zero-order chi connectivity index (χ0) is 16.5. The molecule has 0 fully saturated rings. The predicted octanol–water partition coefficient (Wildman–Crippen LogP) is 1.28. The van der Waals surface area contributed by atoms with Crippen LogP contribution in [0.4, 0.5) is 0 Å². The molecule has 9 heteroatoms. The lowest BCUT2D eigenvalue weighted by molar-refractivity contribution is -0.139. The fraction of sp³-hybridized carbons (Fsp3) is 0.231. The number of halogens is 1. The van der Waals surface area contributed by atoms with Gasteiger partial charge in [0.25, 0.3) is 5.91 Å². The third-order valence-corrected chi connectivity index (χ3v) is 2.95. The van der Waals surface area contributed by atoms with E-state index in [2.05, 4.69) is 26.5 Å². The molecule has 1 rings (SSSR count). The van der Waals surface area contributed by atoms with Crippen molar-refractivity contribution < 1.29 is 24.2 Å². The van der Waals surface area contributed by atoms with Crippen molar-refractivity contribution in [2.75, 3.05) is 13.7 Å². The molecule has 0 saturated carbocycles. The Hall–Kier alpha value is -2.60. The summed E-state index contributed by atoms with van der Waals surface area (Å²) in [6, 6.07) is 4.78. The largest absolute Gasteiger partial charge is 0.493 e. The Morgan fingerprint density at radius 2 is 2.23 bits per heavy atom. The SMILES string of the molecule is COc1cc(/C=N\NC(=O)CC#N)c(Br)cc1OCC(=O)O. The lowest BCUT2D eigenvalue weighted by Gasteiger charge is -2.11. The lowest BCUT2D eigenvalue weighted by atomic mass is 10.2. The molecule has 0 atom stereocenters. The standard InChI is InChI=1S/C13H12BrN3O5/c1-21-10-4-8(6-16-17-12(18)2-3-15)9(14)5-11(10)22-7-13(19)20/h4-6H,2,7H2,1H3,(H,17,18)(H,19,20)/b16-6-. The molecular formula is C13H12BrN3O5. The van der Waals surface area contributed by atoms with E-state index in [-0.39, 0.29) is 12.2 Å². The molecular weight excluding hydrogens is 358 g/mol. The van der Waals surface area contributed by atoms with Crippen LogP contribution in [0.3, 0.4) is 0 Å². The average Bonchev–Trinajstić information content (AvgIpc) is 2.47. The van der Waals surface area contributed by atoms with Gasteiger partial charge >= 0.3 is 5.97 Å². The number of nitriles is 1. The number of nitrogens with zero attached hydrogens (tertiary/aromatic N) is 2. The number of carboxylic acids is 1. The first-order valence-electron chi connectivity index (χ1n) is 5.89. The van der Waals surface area contributed by atoms with Crippen LogP contribution in [0.25, 0.3) is 0 Å². The minimum Gasteiger partial charge on any atom is -0.493 e. The molecule has 22 heavy (non-hydrogen) atoms. The van der Waals surface area contributed by atoms with Crippen LogP contribution < -0.4 is 14.9 Å². The van der Waals surface area contributed by atoms with Crippen molar-refractivity contribution in [3.05, 3.63) is 22.2 Å². The van der Waals surface area contributed by atoms with E-state index in [4.69, 9.17) is 19.8 Å². The molecule has 2 N–H and O–H groups in total. The van der Waals surface area contributed by atoms with Crippen molar-refractivity contribution in [2.45, 2.75) is 6.42 Å². The first-order chi connectivity index (χ1) is 10.5. The van der Waals surface area contributed by atoms with Gasteiger partial charge in [-0.25, -0.2) is 10.2 Å². The highest BCUT2D eigenvalue weighted by Gasteiger charge is 2.11. The third-order valence-electron chi connectivity index (χ3n) is 2.27. The number of hydrogen-bond donors (Lipinski definition) is 2. The Morgan fingerprint density at radius 3 is 2.82 bits per heavy atom. The number of hydrazone groups is 1. The molecule has 116 valence electrons. The van der Waals surface area contributed by atoms with Gasteiger partial charge in [-0.1, -0.05) is 0 Å². The van der Waals surface area contributed by atoms with Gasteiger partial charge in [-0.3, -0.25) is 4.79 Å². The van der Waals surface area contributed by atoms with Gasteiger partial charge in [0, 0.05) is 10.0 Å². The van der Waals surface area contributed by atoms with Gasteiger partial charge in [0.1, 0.15) is 6.42 Å². The van der Waals surface area contributed by atoms with Crippen molar-refractivity contribution in [1.29, 1.82) is 5.26 Å². The van der Waals surface area contributed by atoms with Gasteiger partial charge in [0.2, 0.25) is 0 Å². The molecule has 0 aromatic heterocycles. The van der Waals surface area contributed by atoms with E-state index in [1.807, 2.05) is 0 Å². The van der Waals surface area contributed by atoms with Gasteiger partial charge in [-0.15, -0.1) is 0 Å². The summed E-state index contributed by atoms with van der Waals surface area (Å²) >= 11 is 3.28. The molecule has 1 amide bonds. The number of methoxy groups -OCH3 is 1. The van der Waals surface area contributed by atoms with Crippen LogP contribution in [0.15, 0.2) is 21.7 Å². The first kappa shape index (κ1) is 17.5. The van der Waals surface area contributed by atoms with Gasteiger partial charge in [0.05, 0.1) is 19.4 Å². The topological polar surface area (TPSA) is 121 Å². The predicted molar refractivity (Wildman–Crippen MR) is 79.8 cm³/mol. The van der Waals surface area contributed by atoms with Crippen LogP contribution >= 0.6 is 15.9 Å². The van der Waals surface area contributed by atoms with E-state index < -0.39 is 18.5 Å². The highest BCUT2D eigenvalue weighted by molar-refractivity contribution is 9.10. The molecule has 0 radical (unpaired) electrons. The molecule has 1 aromatic carbocycles. The smallest absolute Gasteiger partial charge is 0.341 e. The number of carbonyl (C=O) groups excluding carboxylic acids is 1. The number of carboxylic acid groups (broad SMARTS) is 1. The van der Waals surface area contributed by atoms with Crippen LogP contribution in [0, 0.1) is 11.3 Å². The second-order valence-electron chi connectivity index (χ2n) is 3.84. The normalized spacial score (nSPS) is 10.0. The third kappa shape index (κ3) is 5.41. The number of benzene rings is 1. The van der Waals surface area contributed by atoms with Crippen LogP contribution in [0.1, 0.15) is 12.0 Å². The number of ether oxygens (including phenoxy) is 2. The molecule has 0 unspecified atom stereocenters. The fourth-order valence-electron chi connectivity index (χ4n) is 1.35. The van der Waals surface area contributed by atoms with Crippen molar-refractivity contribution in [3.63, 3.8) is 0 Å². The van der Waals surface area contributed by atoms with E-state index in [0.29, 0.717) is 15.8 Å². The Balaban J connectivity index is 2.89. The number of nitrogens with one attached hydrogen (secondary N) is 1. The van der Waals surface area contributed by atoms with Crippen molar-refractivity contribution in [1.82, 2.24) is 5.43 Å². The van der Waals surface area contributed by atoms with Crippen LogP contribution in [0.2, 0.25) is 0 Å². The Labute approximate surface area is 134 Å². The summed E-state index contributed by atoms with van der Waals surface area (Å²) in [6.45, 7) is -0.500. The maximum Gasteiger partial charge on any atom is 0.341 e. The molecule has 8 nitrogen and oxygen atoms in total. The Morgan fingerprint density at radius 1 is 1.50 bits per heavy atom. The fourth-order valence-corrected chi connectivity index (χ4v) is 1.77. The molecule has 0 heterocycles. The van der Waals surface area contributed by atoms with Crippen molar-refractivity contribution >= 4 is 34.0 Å². The van der Waals surface area contributed by atoms with Crippen LogP contribution in [-0.2, 0) is 9.59 Å². The molecule has 0 saturated heterocycles. The second-order valence-corrected chi connectivity index (χ2v) is 4.69. The van der Waals surface area contributed by atoms with Gasteiger partial charge in [-0.05, 0) is 28.1 Å². The average molecular weight is 370 g/mol. The van der Waals surface area contributed by atoms with Gasteiger partial charge < -0.3 is 14.6 Å². The second kappa shape index (κ2) is 8.63. The van der Waals surface area contributed by atoms with Crippen LogP contribution in [0.5, 0.6) is 11.5 Å². The van der Waals surface area contributed by atoms with Gasteiger partial charge in [0.15, 0.2) is 18.1 Å². The number of rotatable bonds is 7. The summed E-state index contributed by atoms with van der Waals surface area (Å²) < 4.78 is 10.8. The summed E-state index contributed by atoms with van der Waals surface area (Å²) in [7, 11) is 1.41. The first-order valence-corrected chi connectivity index (χ1v) is 6.68. The van der Waals surface area contributed by atoms with Crippen molar-refractivity contribution in [3.8, 4) is 17.6 Å². The Kier molecular flexibility index (Phi) is 6.85. The summed E-state index contributed by atoms with van der Waals surface area (Å²) in [5.41, 5.74) is 2.76. The zero-order valence-electron chi connectivity index (χ0n) is 11.5. The van der Waals surface area contributed by atoms with E-state index in [1.165, 1.54) is 19.4 Å². The number of amides is 1. The van der Waals surface area contributed by atoms with E-state index in [1.54, 1.807) is 12.1 Å². The molecule has 0 spiro atoms. The van der Waals surface area contributed by atoms with E-state index in [0.717, 1.165) is 0 Å². The molecule has 0 bridgehead atoms. The Bertz CT molecular complexity index is 639. The van der Waals surface area contributed by atoms with E-state index in [9.17, 15) is 9.59 Å². The summed E-state index contributed by atoms with van der Waals surface area (Å²) in [6.07, 6.45) is 1.06. The molecule has 0 aliphatic rings. The molecule has 0 aliphatic carbocycles. The minimum absolute atomic E-state index is 0.252. The molecule has 0 aliphatic heterocycles. The summed E-state index contributed by atoms with van der Waals surface area (Å²) in [5, 5.41) is 20.7. The summed E-state index contributed by atoms with van der Waals surface area (Å²) in [4.78, 5) is 21.6. The maximum atomic E-state index is 11.1.